The Hall–Kier alpha value is -2.28. The van der Waals surface area contributed by atoms with E-state index < -0.39 is 6.04 Å². The molecule has 33 heavy (non-hydrogen) atoms. The number of amides is 2. The van der Waals surface area contributed by atoms with E-state index in [9.17, 15) is 9.59 Å². The molecule has 2 amide bonds. The molecule has 0 spiro atoms. The largest absolute Gasteiger partial charge is 0.483 e. The molecule has 8 heteroatoms. The molecular weight excluding hydrogens is 527 g/mol. The second kappa shape index (κ2) is 11.7. The fraction of sp³-hybridized carbons (Fsp3) is 0.280. The van der Waals surface area contributed by atoms with E-state index in [1.807, 2.05) is 50.2 Å². The molecule has 0 heterocycles. The number of halogens is 3. The van der Waals surface area contributed by atoms with Gasteiger partial charge in [-0.05, 0) is 58.2 Å². The smallest absolute Gasteiger partial charge is 0.261 e. The summed E-state index contributed by atoms with van der Waals surface area (Å²) in [5.74, 6) is -0.0311. The van der Waals surface area contributed by atoms with E-state index in [0.29, 0.717) is 34.3 Å². The standard InChI is InChI=1S/C25H25BrCl2N2O3/c1-3-21(25(32)29-4-2)30(14-18-19(27)10-7-11-20(18)28)23(31)15-33-22-13-12-16-8-5-6-9-17(16)24(22)26/h5-13,21H,3-4,14-15H2,1-2H3,(H,29,32)/t21-/m0/s1. The van der Waals surface area contributed by atoms with E-state index in [-0.39, 0.29) is 25.0 Å². The molecule has 3 rings (SSSR count). The summed E-state index contributed by atoms with van der Waals surface area (Å²) >= 11 is 16.3. The molecule has 0 fully saturated rings. The number of carbonyl (C=O) groups excluding carboxylic acids is 2. The van der Waals surface area contributed by atoms with Crippen molar-refractivity contribution < 1.29 is 14.3 Å². The Kier molecular flexibility index (Phi) is 9.01. The zero-order chi connectivity index (χ0) is 24.0. The molecule has 0 aliphatic rings. The third-order valence-corrected chi connectivity index (χ3v) is 6.83. The third kappa shape index (κ3) is 5.99. The van der Waals surface area contributed by atoms with Crippen molar-refractivity contribution in [3.05, 3.63) is 74.7 Å². The van der Waals surface area contributed by atoms with Crippen molar-refractivity contribution in [2.75, 3.05) is 13.2 Å². The first-order valence-corrected chi connectivity index (χ1v) is 12.2. The minimum absolute atomic E-state index is 0.0925. The summed E-state index contributed by atoms with van der Waals surface area (Å²) in [5, 5.41) is 5.71. The normalized spacial score (nSPS) is 11.8. The fourth-order valence-corrected chi connectivity index (χ4v) is 4.74. The number of benzene rings is 3. The zero-order valence-corrected chi connectivity index (χ0v) is 21.5. The van der Waals surface area contributed by atoms with Gasteiger partial charge in [-0.1, -0.05) is 66.5 Å². The molecule has 0 aliphatic heterocycles. The maximum Gasteiger partial charge on any atom is 0.261 e. The number of fused-ring (bicyclic) bond motifs is 1. The predicted molar refractivity (Wildman–Crippen MR) is 137 cm³/mol. The average molecular weight is 552 g/mol. The van der Waals surface area contributed by atoms with E-state index in [4.69, 9.17) is 27.9 Å². The molecule has 0 aromatic heterocycles. The second-order valence-electron chi connectivity index (χ2n) is 7.43. The van der Waals surface area contributed by atoms with Gasteiger partial charge in [-0.15, -0.1) is 0 Å². The highest BCUT2D eigenvalue weighted by molar-refractivity contribution is 9.10. The molecule has 3 aromatic carbocycles. The number of hydrogen-bond donors (Lipinski definition) is 1. The topological polar surface area (TPSA) is 58.6 Å². The number of ether oxygens (including phenoxy) is 1. The van der Waals surface area contributed by atoms with E-state index in [1.54, 1.807) is 18.2 Å². The Morgan fingerprint density at radius 2 is 1.73 bits per heavy atom. The van der Waals surface area contributed by atoms with Crippen LogP contribution in [-0.4, -0.2) is 35.9 Å². The molecule has 1 N–H and O–H groups in total. The monoisotopic (exact) mass is 550 g/mol. The highest BCUT2D eigenvalue weighted by Gasteiger charge is 2.30. The molecule has 0 unspecified atom stereocenters. The van der Waals surface area contributed by atoms with Gasteiger partial charge in [-0.2, -0.15) is 0 Å². The van der Waals surface area contributed by atoms with Crippen LogP contribution in [0.5, 0.6) is 5.75 Å². The third-order valence-electron chi connectivity index (χ3n) is 5.31. The van der Waals surface area contributed by atoms with Gasteiger partial charge < -0.3 is 15.0 Å². The Morgan fingerprint density at radius 3 is 2.39 bits per heavy atom. The van der Waals surface area contributed by atoms with Gasteiger partial charge in [-0.3, -0.25) is 9.59 Å². The van der Waals surface area contributed by atoms with Crippen LogP contribution >= 0.6 is 39.1 Å². The second-order valence-corrected chi connectivity index (χ2v) is 9.04. The van der Waals surface area contributed by atoms with Crippen LogP contribution in [0.4, 0.5) is 0 Å². The van der Waals surface area contributed by atoms with Crippen LogP contribution in [0.3, 0.4) is 0 Å². The van der Waals surface area contributed by atoms with Gasteiger partial charge >= 0.3 is 0 Å². The Labute approximate surface area is 212 Å². The van der Waals surface area contributed by atoms with Crippen molar-refractivity contribution in [2.24, 2.45) is 0 Å². The van der Waals surface area contributed by atoms with Crippen molar-refractivity contribution in [2.45, 2.75) is 32.9 Å². The first kappa shape index (κ1) is 25.3. The summed E-state index contributed by atoms with van der Waals surface area (Å²) in [6, 6.07) is 16.1. The summed E-state index contributed by atoms with van der Waals surface area (Å²) in [7, 11) is 0. The van der Waals surface area contributed by atoms with Gasteiger partial charge in [0.05, 0.1) is 4.47 Å². The highest BCUT2D eigenvalue weighted by Crippen LogP contribution is 2.33. The minimum atomic E-state index is -0.687. The molecule has 5 nitrogen and oxygen atoms in total. The quantitative estimate of drug-likeness (QED) is 0.343. The lowest BCUT2D eigenvalue weighted by molar-refractivity contribution is -0.142. The fourth-order valence-electron chi connectivity index (χ4n) is 3.61. The van der Waals surface area contributed by atoms with Crippen molar-refractivity contribution in [1.29, 1.82) is 0 Å². The number of nitrogens with one attached hydrogen (secondary N) is 1. The Morgan fingerprint density at radius 1 is 1.03 bits per heavy atom. The van der Waals surface area contributed by atoms with Gasteiger partial charge in [0.15, 0.2) is 6.61 Å². The van der Waals surface area contributed by atoms with Crippen LogP contribution in [0.2, 0.25) is 10.0 Å². The van der Waals surface area contributed by atoms with Crippen LogP contribution in [0.25, 0.3) is 10.8 Å². The molecule has 0 bridgehead atoms. The number of nitrogens with zero attached hydrogens (tertiary/aromatic N) is 1. The highest BCUT2D eigenvalue weighted by atomic mass is 79.9. The van der Waals surface area contributed by atoms with Gasteiger partial charge in [0.1, 0.15) is 11.8 Å². The van der Waals surface area contributed by atoms with E-state index in [1.165, 1.54) is 4.90 Å². The van der Waals surface area contributed by atoms with Crippen molar-refractivity contribution >= 4 is 61.7 Å². The number of hydrogen-bond acceptors (Lipinski definition) is 3. The number of carbonyl (C=O) groups is 2. The predicted octanol–water partition coefficient (Wildman–Crippen LogP) is 6.23. The lowest BCUT2D eigenvalue weighted by Crippen LogP contribution is -2.50. The van der Waals surface area contributed by atoms with Crippen LogP contribution in [0.1, 0.15) is 25.8 Å². The zero-order valence-electron chi connectivity index (χ0n) is 18.4. The molecule has 0 saturated carbocycles. The molecule has 3 aromatic rings. The summed E-state index contributed by atoms with van der Waals surface area (Å²) in [4.78, 5) is 27.6. The van der Waals surface area contributed by atoms with Gasteiger partial charge in [0, 0.05) is 28.7 Å². The maximum atomic E-state index is 13.3. The maximum absolute atomic E-state index is 13.3. The van der Waals surface area contributed by atoms with E-state index in [2.05, 4.69) is 21.2 Å². The van der Waals surface area contributed by atoms with Crippen LogP contribution in [0.15, 0.2) is 59.1 Å². The van der Waals surface area contributed by atoms with Crippen LogP contribution in [0, 0.1) is 0 Å². The summed E-state index contributed by atoms with van der Waals surface area (Å²) in [6.07, 6.45) is 0.430. The average Bonchev–Trinajstić information content (AvgIpc) is 2.80. The molecule has 174 valence electrons. The minimum Gasteiger partial charge on any atom is -0.483 e. The van der Waals surface area contributed by atoms with E-state index >= 15 is 0 Å². The molecule has 0 radical (unpaired) electrons. The van der Waals surface area contributed by atoms with Crippen molar-refractivity contribution in [3.63, 3.8) is 0 Å². The summed E-state index contributed by atoms with van der Waals surface area (Å²) in [6.45, 7) is 4.01. The van der Waals surface area contributed by atoms with Crippen molar-refractivity contribution in [1.82, 2.24) is 10.2 Å². The SMILES string of the molecule is CCNC(=O)[C@H](CC)N(Cc1c(Cl)cccc1Cl)C(=O)COc1ccc2ccccc2c1Br. The number of rotatable bonds is 9. The summed E-state index contributed by atoms with van der Waals surface area (Å²) < 4.78 is 6.65. The Bertz CT molecular complexity index is 1140. The number of likely N-dealkylation sites (N-methyl/N-ethyl adjacent to an activating group) is 1. The van der Waals surface area contributed by atoms with Gasteiger partial charge in [0.2, 0.25) is 5.91 Å². The van der Waals surface area contributed by atoms with Gasteiger partial charge in [0.25, 0.3) is 5.91 Å². The van der Waals surface area contributed by atoms with Crippen LogP contribution < -0.4 is 10.1 Å². The first-order chi connectivity index (χ1) is 15.9. The van der Waals surface area contributed by atoms with Gasteiger partial charge in [-0.25, -0.2) is 0 Å². The first-order valence-electron chi connectivity index (χ1n) is 10.7. The molecule has 0 aliphatic carbocycles. The molecular formula is C25H25BrCl2N2O3. The van der Waals surface area contributed by atoms with Crippen LogP contribution in [-0.2, 0) is 16.1 Å². The molecule has 1 atom stereocenters. The lowest BCUT2D eigenvalue weighted by Gasteiger charge is -2.31. The lowest BCUT2D eigenvalue weighted by atomic mass is 10.1. The Balaban J connectivity index is 1.87. The van der Waals surface area contributed by atoms with Crippen molar-refractivity contribution in [3.8, 4) is 5.75 Å². The molecule has 0 saturated heterocycles. The summed E-state index contributed by atoms with van der Waals surface area (Å²) in [5.41, 5.74) is 0.587. The van der Waals surface area contributed by atoms with E-state index in [0.717, 1.165) is 15.2 Å².